The van der Waals surface area contributed by atoms with E-state index in [4.69, 9.17) is 11.6 Å². The average Bonchev–Trinajstić information content (AvgIpc) is 3.54. The molecule has 6 aromatic rings. The number of nitro benzene ring substituents is 1. The van der Waals surface area contributed by atoms with Crippen LogP contribution in [-0.2, 0) is 11.0 Å². The first-order valence-electron chi connectivity index (χ1n) is 18.4. The van der Waals surface area contributed by atoms with E-state index in [1.165, 1.54) is 18.0 Å². The van der Waals surface area contributed by atoms with Gasteiger partial charge in [-0.05, 0) is 117 Å². The molecule has 0 amide bonds. The number of rotatable bonds is 13. The quantitative estimate of drug-likeness (QED) is 0.0591. The van der Waals surface area contributed by atoms with Gasteiger partial charge in [0.1, 0.15) is 5.69 Å². The fourth-order valence-electron chi connectivity index (χ4n) is 7.24. The van der Waals surface area contributed by atoms with Crippen molar-refractivity contribution >= 4 is 68.9 Å². The van der Waals surface area contributed by atoms with Crippen LogP contribution in [0.15, 0.2) is 131 Å². The minimum absolute atomic E-state index is 0.0276. The lowest BCUT2D eigenvalue weighted by Gasteiger charge is -2.37. The fourth-order valence-corrected chi connectivity index (χ4v) is 8.94. The van der Waals surface area contributed by atoms with Gasteiger partial charge in [-0.3, -0.25) is 10.1 Å². The second-order valence-corrected chi connectivity index (χ2v) is 16.4. The molecule has 0 radical (unpaired) electrons. The molecule has 292 valence electrons. The molecule has 1 aromatic heterocycles. The Morgan fingerprint density at radius 2 is 1.51 bits per heavy atom. The van der Waals surface area contributed by atoms with Crippen molar-refractivity contribution in [3.05, 3.63) is 148 Å². The maximum absolute atomic E-state index is 13.3. The Balaban J connectivity index is 1.03. The lowest BCUT2D eigenvalue weighted by atomic mass is 9.96. The third-order valence-electron chi connectivity index (χ3n) is 9.92. The largest absolute Gasteiger partial charge is 0.478 e. The van der Waals surface area contributed by atoms with Crippen molar-refractivity contribution in [1.82, 2.24) is 4.57 Å². The Morgan fingerprint density at radius 1 is 0.842 bits per heavy atom. The van der Waals surface area contributed by atoms with Crippen molar-refractivity contribution in [3.63, 3.8) is 0 Å². The number of piperazine rings is 1. The summed E-state index contributed by atoms with van der Waals surface area (Å²) in [5, 5.41) is 23.0. The van der Waals surface area contributed by atoms with Crippen molar-refractivity contribution in [1.29, 1.82) is 0 Å². The molecule has 1 fully saturated rings. The molecule has 0 aliphatic carbocycles. The molecule has 7 rings (SSSR count). The van der Waals surface area contributed by atoms with Crippen LogP contribution in [-0.4, -0.2) is 51.0 Å². The number of aromatic carboxylic acids is 1. The Labute approximate surface area is 343 Å². The molecule has 1 aliphatic rings. The second kappa shape index (κ2) is 17.2. The zero-order valence-electron chi connectivity index (χ0n) is 31.5. The molecule has 1 unspecified atom stereocenters. The van der Waals surface area contributed by atoms with E-state index in [1.807, 2.05) is 97.9 Å². The lowest BCUT2D eigenvalue weighted by molar-refractivity contribution is -0.384. The van der Waals surface area contributed by atoms with E-state index in [2.05, 4.69) is 49.8 Å². The zero-order valence-corrected chi connectivity index (χ0v) is 33.9. The molecule has 2 heterocycles. The van der Waals surface area contributed by atoms with Crippen molar-refractivity contribution in [3.8, 4) is 22.4 Å². The van der Waals surface area contributed by atoms with Gasteiger partial charge in [-0.2, -0.15) is 0 Å². The summed E-state index contributed by atoms with van der Waals surface area (Å²) in [7, 11) is -1.73. The van der Waals surface area contributed by atoms with Crippen molar-refractivity contribution < 1.29 is 19.0 Å². The van der Waals surface area contributed by atoms with Crippen LogP contribution >= 0.6 is 23.5 Å². The molecule has 1 atom stereocenters. The van der Waals surface area contributed by atoms with Crippen LogP contribution in [0.5, 0.6) is 0 Å². The fraction of sp³-hybridized carbons (Fsp3) is 0.186. The number of anilines is 4. The number of benzene rings is 5. The number of aromatic nitrogens is 1. The third-order valence-corrected chi connectivity index (χ3v) is 12.1. The van der Waals surface area contributed by atoms with Crippen LogP contribution in [0.4, 0.5) is 28.4 Å². The highest BCUT2D eigenvalue weighted by atomic mass is 35.5. The minimum atomic E-state index is -1.73. The van der Waals surface area contributed by atoms with Gasteiger partial charge in [0.15, 0.2) is 11.0 Å². The number of halogens is 1. The first kappa shape index (κ1) is 39.5. The summed E-state index contributed by atoms with van der Waals surface area (Å²) >= 11 is 7.50. The predicted octanol–water partition coefficient (Wildman–Crippen LogP) is 10.6. The van der Waals surface area contributed by atoms with Gasteiger partial charge in [-0.25, -0.2) is 9.00 Å². The van der Waals surface area contributed by atoms with Crippen LogP contribution in [0.3, 0.4) is 0 Å². The SMILES string of the molecule is Cc1c(C(=O)O)c(-c2cccc(N3CCN(c4ccc(NS(=O)c5ccc(NSc6ccccc6)c([N+](=O)[O-])c5)cc4)CC3)c2)c(-c2ccc(Cl)cc2)n1C(C)C. The smallest absolute Gasteiger partial charge is 0.338 e. The highest BCUT2D eigenvalue weighted by Gasteiger charge is 2.29. The summed E-state index contributed by atoms with van der Waals surface area (Å²) in [4.78, 5) is 30.0. The first-order chi connectivity index (χ1) is 27.5. The van der Waals surface area contributed by atoms with Gasteiger partial charge in [-0.15, -0.1) is 0 Å². The van der Waals surface area contributed by atoms with Crippen LogP contribution in [0, 0.1) is 17.0 Å². The van der Waals surface area contributed by atoms with E-state index in [1.54, 1.807) is 12.1 Å². The summed E-state index contributed by atoms with van der Waals surface area (Å²) in [5.41, 5.74) is 7.08. The van der Waals surface area contributed by atoms with Crippen molar-refractivity contribution in [2.24, 2.45) is 0 Å². The number of nitro groups is 1. The van der Waals surface area contributed by atoms with Gasteiger partial charge in [-0.1, -0.05) is 54.1 Å². The monoisotopic (exact) mass is 820 g/mol. The van der Waals surface area contributed by atoms with Crippen LogP contribution < -0.4 is 19.2 Å². The van der Waals surface area contributed by atoms with E-state index in [0.29, 0.717) is 33.2 Å². The predicted molar refractivity (Wildman–Crippen MR) is 232 cm³/mol. The van der Waals surface area contributed by atoms with Gasteiger partial charge < -0.3 is 28.9 Å². The van der Waals surface area contributed by atoms with Crippen LogP contribution in [0.25, 0.3) is 22.4 Å². The van der Waals surface area contributed by atoms with E-state index < -0.39 is 21.9 Å². The molecule has 1 saturated heterocycles. The van der Waals surface area contributed by atoms with Gasteiger partial charge >= 0.3 is 5.97 Å². The van der Waals surface area contributed by atoms with E-state index >= 15 is 0 Å². The first-order valence-corrected chi connectivity index (χ1v) is 20.7. The van der Waals surface area contributed by atoms with E-state index in [9.17, 15) is 24.2 Å². The Morgan fingerprint density at radius 3 is 2.14 bits per heavy atom. The molecule has 3 N–H and O–H groups in total. The summed E-state index contributed by atoms with van der Waals surface area (Å²) in [6, 6.07) is 37.3. The standard InChI is InChI=1S/C43H41ClN6O5S2/c1-28(2)49-29(3)40(43(51)52)41(42(49)30-12-14-32(44)15-13-30)31-8-7-9-35(26-31)48-24-22-47(23-25-48)34-18-16-33(17-19-34)46-57(55)37-20-21-38(39(27-37)50(53)54)45-56-36-10-5-4-6-11-36/h4-21,26-28,45-46H,22-25H2,1-3H3,(H,51,52). The number of nitrogens with one attached hydrogen (secondary N) is 2. The molecule has 0 saturated carbocycles. The van der Waals surface area contributed by atoms with Crippen LogP contribution in [0.1, 0.15) is 35.9 Å². The average molecular weight is 821 g/mol. The normalized spacial score (nSPS) is 13.4. The molecule has 0 bridgehead atoms. The molecule has 1 aliphatic heterocycles. The summed E-state index contributed by atoms with van der Waals surface area (Å²) in [6.45, 7) is 9.01. The number of carbonyl (C=O) groups is 1. The molecular formula is C43H41ClN6O5S2. The molecule has 14 heteroatoms. The molecule has 11 nitrogen and oxygen atoms in total. The van der Waals surface area contributed by atoms with E-state index in [-0.39, 0.29) is 16.6 Å². The number of hydrogen-bond donors (Lipinski definition) is 3. The summed E-state index contributed by atoms with van der Waals surface area (Å²) < 4.78 is 21.4. The van der Waals surface area contributed by atoms with Crippen molar-refractivity contribution in [2.75, 3.05) is 45.4 Å². The Bertz CT molecular complexity index is 2430. The van der Waals surface area contributed by atoms with Crippen LogP contribution in [0.2, 0.25) is 5.02 Å². The van der Waals surface area contributed by atoms with Gasteiger partial charge in [0, 0.05) is 76.5 Å². The highest BCUT2D eigenvalue weighted by Crippen LogP contribution is 2.42. The molecule has 5 aromatic carbocycles. The number of carboxylic acids is 1. The number of hydrogen-bond acceptors (Lipinski definition) is 8. The van der Waals surface area contributed by atoms with Crippen molar-refractivity contribution in [2.45, 2.75) is 36.6 Å². The Kier molecular flexibility index (Phi) is 11.9. The lowest BCUT2D eigenvalue weighted by Crippen LogP contribution is -2.46. The summed E-state index contributed by atoms with van der Waals surface area (Å²) in [5.74, 6) is -0.965. The topological polar surface area (TPSA) is 133 Å². The number of nitrogens with zero attached hydrogens (tertiary/aromatic N) is 4. The van der Waals surface area contributed by atoms with Gasteiger partial charge in [0.2, 0.25) is 0 Å². The summed E-state index contributed by atoms with van der Waals surface area (Å²) in [6.07, 6.45) is 0. The van der Waals surface area contributed by atoms with Gasteiger partial charge in [0.05, 0.1) is 21.1 Å². The Hall–Kier alpha value is -5.76. The molecular weight excluding hydrogens is 780 g/mol. The third kappa shape index (κ3) is 8.65. The maximum Gasteiger partial charge on any atom is 0.338 e. The number of carboxylic acid groups (broad SMARTS) is 1. The molecule has 57 heavy (non-hydrogen) atoms. The highest BCUT2D eigenvalue weighted by molar-refractivity contribution is 8.00. The molecule has 0 spiro atoms. The minimum Gasteiger partial charge on any atom is -0.478 e. The maximum atomic E-state index is 13.3. The zero-order chi connectivity index (χ0) is 40.2. The van der Waals surface area contributed by atoms with E-state index in [0.717, 1.165) is 59.3 Å². The van der Waals surface area contributed by atoms with Gasteiger partial charge in [0.25, 0.3) is 5.69 Å². The second-order valence-electron chi connectivity index (χ2n) is 13.9.